The highest BCUT2D eigenvalue weighted by atomic mass is 32.1. The van der Waals surface area contributed by atoms with E-state index in [1.165, 1.54) is 29.5 Å². The lowest BCUT2D eigenvalue weighted by Gasteiger charge is -2.04. The highest BCUT2D eigenvalue weighted by molar-refractivity contribution is 7.13. The number of hydrogen-bond acceptors (Lipinski definition) is 7. The van der Waals surface area contributed by atoms with E-state index in [1.807, 2.05) is 24.3 Å². The van der Waals surface area contributed by atoms with Gasteiger partial charge in [0.1, 0.15) is 22.9 Å². The molecule has 0 aliphatic heterocycles. The van der Waals surface area contributed by atoms with Crippen molar-refractivity contribution in [2.45, 2.75) is 6.61 Å². The number of para-hydroxylation sites is 1. The number of nitrogens with zero attached hydrogens (tertiary/aromatic N) is 2. The second kappa shape index (κ2) is 7.75. The van der Waals surface area contributed by atoms with Gasteiger partial charge in [-0.3, -0.25) is 10.1 Å². The molecule has 26 heavy (non-hydrogen) atoms. The molecule has 2 aromatic carbocycles. The number of nitro benzene ring substituents is 1. The van der Waals surface area contributed by atoms with Gasteiger partial charge in [0.15, 0.2) is 0 Å². The number of carbonyl (C=O) groups excluding carboxylic acids is 1. The van der Waals surface area contributed by atoms with Crippen LogP contribution in [0.15, 0.2) is 53.9 Å². The molecule has 132 valence electrons. The van der Waals surface area contributed by atoms with E-state index in [1.54, 1.807) is 18.6 Å². The predicted octanol–water partition coefficient (Wildman–Crippen LogP) is 4.08. The van der Waals surface area contributed by atoms with Crippen LogP contribution in [0.3, 0.4) is 0 Å². The van der Waals surface area contributed by atoms with Crippen LogP contribution in [0.25, 0.3) is 10.6 Å². The summed E-state index contributed by atoms with van der Waals surface area (Å²) in [5, 5.41) is 13.5. The summed E-state index contributed by atoms with van der Waals surface area (Å²) in [6.45, 7) is -0.0641. The van der Waals surface area contributed by atoms with Crippen LogP contribution in [-0.4, -0.2) is 23.0 Å². The molecule has 0 atom stereocenters. The van der Waals surface area contributed by atoms with E-state index >= 15 is 0 Å². The van der Waals surface area contributed by atoms with Crippen molar-refractivity contribution >= 4 is 23.0 Å². The van der Waals surface area contributed by atoms with E-state index in [0.29, 0.717) is 5.69 Å². The second-order valence-corrected chi connectivity index (χ2v) is 6.08. The number of rotatable bonds is 6. The molecule has 3 aromatic rings. The zero-order valence-corrected chi connectivity index (χ0v) is 14.6. The van der Waals surface area contributed by atoms with E-state index < -0.39 is 10.9 Å². The number of aromatic nitrogens is 1. The maximum Gasteiger partial charge on any atom is 0.345 e. The zero-order valence-electron chi connectivity index (χ0n) is 13.7. The maximum absolute atomic E-state index is 12.1. The van der Waals surface area contributed by atoms with Gasteiger partial charge in [0.25, 0.3) is 5.69 Å². The van der Waals surface area contributed by atoms with Crippen molar-refractivity contribution in [2.24, 2.45) is 0 Å². The van der Waals surface area contributed by atoms with Crippen molar-refractivity contribution < 1.29 is 19.2 Å². The van der Waals surface area contributed by atoms with E-state index in [-0.39, 0.29) is 17.9 Å². The molecule has 0 aliphatic rings. The first kappa shape index (κ1) is 17.6. The van der Waals surface area contributed by atoms with E-state index in [2.05, 4.69) is 4.98 Å². The molecular weight excluding hydrogens is 356 g/mol. The summed E-state index contributed by atoms with van der Waals surface area (Å²) in [5.41, 5.74) is 1.10. The molecule has 0 amide bonds. The van der Waals surface area contributed by atoms with Crippen molar-refractivity contribution in [2.75, 3.05) is 7.11 Å². The Kier molecular flexibility index (Phi) is 5.23. The normalized spacial score (nSPS) is 10.3. The largest absolute Gasteiger partial charge is 0.497 e. The minimum atomic E-state index is -0.756. The van der Waals surface area contributed by atoms with Gasteiger partial charge in [-0.15, -0.1) is 11.3 Å². The van der Waals surface area contributed by atoms with Gasteiger partial charge in [-0.1, -0.05) is 24.3 Å². The molecule has 1 heterocycles. The molecule has 0 saturated heterocycles. The summed E-state index contributed by atoms with van der Waals surface area (Å²) >= 11 is 1.41. The summed E-state index contributed by atoms with van der Waals surface area (Å²) in [7, 11) is 1.59. The quantitative estimate of drug-likeness (QED) is 0.369. The molecule has 8 heteroatoms. The van der Waals surface area contributed by atoms with Crippen LogP contribution in [0.5, 0.6) is 5.75 Å². The topological polar surface area (TPSA) is 91.6 Å². The molecule has 3 rings (SSSR count). The molecule has 0 aliphatic carbocycles. The molecule has 0 N–H and O–H groups in total. The van der Waals surface area contributed by atoms with Crippen LogP contribution in [0.2, 0.25) is 0 Å². The zero-order chi connectivity index (χ0) is 18.5. The highest BCUT2D eigenvalue weighted by Gasteiger charge is 2.20. The fraction of sp³-hybridized carbons (Fsp3) is 0.111. The molecule has 0 radical (unpaired) electrons. The standard InChI is InChI=1S/C18H14N2O5S/c1-24-14-6-4-5-12(9-14)17-19-13(11-26-17)10-25-18(21)15-7-2-3-8-16(15)20(22)23/h2-9,11H,10H2,1H3. The van der Waals surface area contributed by atoms with Crippen LogP contribution in [-0.2, 0) is 11.3 Å². The van der Waals surface area contributed by atoms with Gasteiger partial charge >= 0.3 is 5.97 Å². The van der Waals surface area contributed by atoms with Crippen LogP contribution in [0, 0.1) is 10.1 Å². The number of nitro groups is 1. The lowest BCUT2D eigenvalue weighted by molar-refractivity contribution is -0.385. The van der Waals surface area contributed by atoms with Crippen molar-refractivity contribution in [3.05, 3.63) is 75.3 Å². The number of carbonyl (C=O) groups is 1. The van der Waals surface area contributed by atoms with Crippen LogP contribution in [0.1, 0.15) is 16.1 Å². The molecule has 0 saturated carbocycles. The van der Waals surface area contributed by atoms with E-state index in [9.17, 15) is 14.9 Å². The SMILES string of the molecule is COc1cccc(-c2nc(COC(=O)c3ccccc3[N+](=O)[O-])cs2)c1. The van der Waals surface area contributed by atoms with Gasteiger partial charge in [-0.05, 0) is 18.2 Å². The van der Waals surface area contributed by atoms with Gasteiger partial charge in [-0.2, -0.15) is 0 Å². The molecule has 0 unspecified atom stereocenters. The van der Waals surface area contributed by atoms with Crippen LogP contribution >= 0.6 is 11.3 Å². The minimum Gasteiger partial charge on any atom is -0.497 e. The summed E-state index contributed by atoms with van der Waals surface area (Å²) in [4.78, 5) is 26.9. The molecule has 0 bridgehead atoms. The molecule has 1 aromatic heterocycles. The van der Waals surface area contributed by atoms with Crippen molar-refractivity contribution in [3.63, 3.8) is 0 Å². The Bertz CT molecular complexity index is 954. The monoisotopic (exact) mass is 370 g/mol. The summed E-state index contributed by atoms with van der Waals surface area (Å²) in [5.74, 6) is -0.0321. The number of thiazole rings is 1. The summed E-state index contributed by atoms with van der Waals surface area (Å²) in [6, 6.07) is 13.1. The van der Waals surface area contributed by atoms with Crippen LogP contribution in [0.4, 0.5) is 5.69 Å². The van der Waals surface area contributed by atoms with Crippen molar-refractivity contribution in [1.82, 2.24) is 4.98 Å². The van der Waals surface area contributed by atoms with Gasteiger partial charge in [-0.25, -0.2) is 9.78 Å². The summed E-state index contributed by atoms with van der Waals surface area (Å²) in [6.07, 6.45) is 0. The Labute approximate surface area is 153 Å². The Balaban J connectivity index is 1.70. The predicted molar refractivity (Wildman–Crippen MR) is 96.3 cm³/mol. The maximum atomic E-state index is 12.1. The Morgan fingerprint density at radius 3 is 2.81 bits per heavy atom. The fourth-order valence-electron chi connectivity index (χ4n) is 2.28. The third-order valence-corrected chi connectivity index (χ3v) is 4.48. The molecule has 0 spiro atoms. The summed E-state index contributed by atoms with van der Waals surface area (Å²) < 4.78 is 10.4. The number of ether oxygens (including phenoxy) is 2. The van der Waals surface area contributed by atoms with Crippen LogP contribution < -0.4 is 4.74 Å². The van der Waals surface area contributed by atoms with E-state index in [0.717, 1.165) is 16.3 Å². The third kappa shape index (κ3) is 3.86. The number of hydrogen-bond donors (Lipinski definition) is 0. The first-order chi connectivity index (χ1) is 12.6. The Hall–Kier alpha value is -3.26. The number of benzene rings is 2. The van der Waals surface area contributed by atoms with Gasteiger partial charge < -0.3 is 9.47 Å². The smallest absolute Gasteiger partial charge is 0.345 e. The van der Waals surface area contributed by atoms with Crippen molar-refractivity contribution in [3.8, 4) is 16.3 Å². The van der Waals surface area contributed by atoms with Gasteiger partial charge in [0, 0.05) is 17.0 Å². The minimum absolute atomic E-state index is 0.0641. The van der Waals surface area contributed by atoms with Gasteiger partial charge in [0.2, 0.25) is 0 Å². The Morgan fingerprint density at radius 2 is 2.04 bits per heavy atom. The Morgan fingerprint density at radius 1 is 1.23 bits per heavy atom. The molecule has 0 fully saturated rings. The lowest BCUT2D eigenvalue weighted by atomic mass is 10.2. The second-order valence-electron chi connectivity index (χ2n) is 5.23. The fourth-order valence-corrected chi connectivity index (χ4v) is 3.09. The van der Waals surface area contributed by atoms with Crippen molar-refractivity contribution in [1.29, 1.82) is 0 Å². The molecule has 7 nitrogen and oxygen atoms in total. The average molecular weight is 370 g/mol. The lowest BCUT2D eigenvalue weighted by Crippen LogP contribution is -2.08. The number of esters is 1. The highest BCUT2D eigenvalue weighted by Crippen LogP contribution is 2.27. The van der Waals surface area contributed by atoms with Gasteiger partial charge in [0.05, 0.1) is 17.7 Å². The van der Waals surface area contributed by atoms with E-state index in [4.69, 9.17) is 9.47 Å². The first-order valence-electron chi connectivity index (χ1n) is 7.58. The average Bonchev–Trinajstić information content (AvgIpc) is 3.15. The number of methoxy groups -OCH3 is 1. The first-order valence-corrected chi connectivity index (χ1v) is 8.46. The molecular formula is C18H14N2O5S. The third-order valence-electron chi connectivity index (χ3n) is 3.54.